The second-order valence-corrected chi connectivity index (χ2v) is 7.14. The largest absolute Gasteiger partial charge is 0.355 e. The van der Waals surface area contributed by atoms with E-state index in [0.29, 0.717) is 12.2 Å². The first-order valence-corrected chi connectivity index (χ1v) is 10.1. The zero-order valence-electron chi connectivity index (χ0n) is 14.0. The zero-order valence-corrected chi connectivity index (χ0v) is 17.0. The lowest BCUT2D eigenvalue weighted by Gasteiger charge is -2.18. The van der Waals surface area contributed by atoms with Crippen molar-refractivity contribution >= 4 is 59.0 Å². The maximum atomic E-state index is 11.7. The molecule has 2 amide bonds. The first-order chi connectivity index (χ1) is 11.5. The van der Waals surface area contributed by atoms with E-state index < -0.39 is 6.04 Å². The third kappa shape index (κ3) is 11.0. The maximum Gasteiger partial charge on any atom is 0.230 e. The van der Waals surface area contributed by atoms with Crippen molar-refractivity contribution in [3.05, 3.63) is 0 Å². The molecule has 9 heteroatoms. The van der Waals surface area contributed by atoms with E-state index in [2.05, 4.69) is 14.2 Å². The van der Waals surface area contributed by atoms with E-state index in [1.807, 2.05) is 36.7 Å². The van der Waals surface area contributed by atoms with E-state index in [9.17, 15) is 19.2 Å². The van der Waals surface area contributed by atoms with Crippen molar-refractivity contribution in [2.24, 2.45) is 5.92 Å². The second kappa shape index (κ2) is 14.6. The van der Waals surface area contributed by atoms with Gasteiger partial charge in [0.15, 0.2) is 0 Å². The van der Waals surface area contributed by atoms with Crippen molar-refractivity contribution in [2.45, 2.75) is 45.2 Å². The van der Waals surface area contributed by atoms with Crippen molar-refractivity contribution in [1.82, 2.24) is 14.2 Å². The SMILES string of the molecule is CC[C@H](C)[C@@H](C=O)NC(=O)CCNC(=O)CSCC[C@@H](C=O)NI. The number of thioether (sulfide) groups is 1. The number of carbonyl (C=O) groups is 4. The summed E-state index contributed by atoms with van der Waals surface area (Å²) in [6.07, 6.45) is 3.20. The molecule has 0 aromatic carbocycles. The van der Waals surface area contributed by atoms with Gasteiger partial charge in [0.1, 0.15) is 12.6 Å². The van der Waals surface area contributed by atoms with Crippen LogP contribution in [-0.2, 0) is 19.2 Å². The summed E-state index contributed by atoms with van der Waals surface area (Å²) in [7, 11) is 0. The summed E-state index contributed by atoms with van der Waals surface area (Å²) in [6.45, 7) is 4.10. The average molecular weight is 471 g/mol. The Morgan fingerprint density at radius 2 is 1.92 bits per heavy atom. The molecule has 0 bridgehead atoms. The topological polar surface area (TPSA) is 104 Å². The molecule has 3 atom stereocenters. The van der Waals surface area contributed by atoms with Crippen molar-refractivity contribution in [3.8, 4) is 0 Å². The van der Waals surface area contributed by atoms with Crippen molar-refractivity contribution in [2.75, 3.05) is 18.1 Å². The Hall–Kier alpha value is -0.680. The summed E-state index contributed by atoms with van der Waals surface area (Å²) in [6, 6.07) is -0.674. The Bertz CT molecular complexity index is 412. The second-order valence-electron chi connectivity index (χ2n) is 5.41. The minimum absolute atomic E-state index is 0.0877. The summed E-state index contributed by atoms with van der Waals surface area (Å²) >= 11 is 3.37. The molecular weight excluding hydrogens is 445 g/mol. The van der Waals surface area contributed by atoms with Crippen LogP contribution in [0.5, 0.6) is 0 Å². The molecule has 0 fully saturated rings. The minimum atomic E-state index is -0.481. The lowest BCUT2D eigenvalue weighted by Crippen LogP contribution is -2.41. The number of nitrogens with one attached hydrogen (secondary N) is 3. The van der Waals surface area contributed by atoms with Gasteiger partial charge in [-0.1, -0.05) is 20.3 Å². The number of aldehydes is 2. The fourth-order valence-corrected chi connectivity index (χ4v) is 3.02. The number of amides is 2. The van der Waals surface area contributed by atoms with E-state index in [1.54, 1.807) is 0 Å². The minimum Gasteiger partial charge on any atom is -0.355 e. The third-order valence-electron chi connectivity index (χ3n) is 3.52. The Morgan fingerprint density at radius 3 is 2.46 bits per heavy atom. The Balaban J connectivity index is 3.82. The first-order valence-electron chi connectivity index (χ1n) is 7.88. The molecule has 0 aliphatic heterocycles. The van der Waals surface area contributed by atoms with Gasteiger partial charge in [0.05, 0.1) is 17.8 Å². The molecule has 0 saturated heterocycles. The van der Waals surface area contributed by atoms with Crippen LogP contribution in [0.4, 0.5) is 0 Å². The Kier molecular flexibility index (Phi) is 14.2. The van der Waals surface area contributed by atoms with Crippen molar-refractivity contribution < 1.29 is 19.2 Å². The monoisotopic (exact) mass is 471 g/mol. The molecule has 0 radical (unpaired) electrons. The number of carbonyl (C=O) groups excluding carboxylic acids is 4. The molecular formula is C15H26IN3O4S. The highest BCUT2D eigenvalue weighted by molar-refractivity contribution is 14.1. The quantitative estimate of drug-likeness (QED) is 0.150. The zero-order chi connectivity index (χ0) is 18.4. The molecule has 24 heavy (non-hydrogen) atoms. The van der Waals surface area contributed by atoms with Gasteiger partial charge in [0.2, 0.25) is 11.8 Å². The molecule has 0 unspecified atom stereocenters. The Labute approximate surface area is 161 Å². The maximum absolute atomic E-state index is 11.7. The van der Waals surface area contributed by atoms with E-state index in [0.717, 1.165) is 19.0 Å². The summed E-state index contributed by atoms with van der Waals surface area (Å²) in [5.41, 5.74) is 0. The smallest absolute Gasteiger partial charge is 0.230 e. The molecule has 0 saturated carbocycles. The average Bonchev–Trinajstić information content (AvgIpc) is 2.59. The van der Waals surface area contributed by atoms with Crippen LogP contribution in [0.2, 0.25) is 0 Å². The van der Waals surface area contributed by atoms with Crippen LogP contribution in [-0.4, -0.2) is 54.5 Å². The van der Waals surface area contributed by atoms with E-state index >= 15 is 0 Å². The van der Waals surface area contributed by atoms with Crippen LogP contribution in [0.25, 0.3) is 0 Å². The Morgan fingerprint density at radius 1 is 1.21 bits per heavy atom. The highest BCUT2D eigenvalue weighted by Crippen LogP contribution is 2.06. The van der Waals surface area contributed by atoms with Gasteiger partial charge in [-0.3, -0.25) is 13.1 Å². The standard InChI is InChI=1S/C15H26IN3O4S/c1-3-11(2)13(9-21)18-14(22)4-6-17-15(23)10-24-7-5-12(8-20)19-16/h8-9,11-13,19H,3-7,10H2,1-2H3,(H,17,23)(H,18,22)/t11-,12-,13+/m0/s1. The van der Waals surface area contributed by atoms with Gasteiger partial charge in [-0.2, -0.15) is 11.8 Å². The van der Waals surface area contributed by atoms with Gasteiger partial charge in [-0.05, 0) is 18.1 Å². The lowest BCUT2D eigenvalue weighted by molar-refractivity contribution is -0.125. The van der Waals surface area contributed by atoms with E-state index in [-0.39, 0.29) is 42.5 Å². The van der Waals surface area contributed by atoms with Crippen LogP contribution in [0.1, 0.15) is 33.1 Å². The molecule has 0 rings (SSSR count). The van der Waals surface area contributed by atoms with Crippen molar-refractivity contribution in [1.29, 1.82) is 0 Å². The summed E-state index contributed by atoms with van der Waals surface area (Å²) in [4.78, 5) is 44.9. The number of hydrogen-bond donors (Lipinski definition) is 3. The van der Waals surface area contributed by atoms with Crippen LogP contribution >= 0.6 is 34.6 Å². The fourth-order valence-electron chi connectivity index (χ4n) is 1.71. The molecule has 138 valence electrons. The first kappa shape index (κ1) is 23.3. The summed E-state index contributed by atoms with van der Waals surface area (Å²) < 4.78 is 2.84. The lowest BCUT2D eigenvalue weighted by atomic mass is 10.0. The van der Waals surface area contributed by atoms with Gasteiger partial charge >= 0.3 is 0 Å². The highest BCUT2D eigenvalue weighted by atomic mass is 127. The molecule has 0 heterocycles. The van der Waals surface area contributed by atoms with Crippen LogP contribution in [0.15, 0.2) is 0 Å². The van der Waals surface area contributed by atoms with Gasteiger partial charge < -0.3 is 20.2 Å². The highest BCUT2D eigenvalue weighted by Gasteiger charge is 2.17. The number of rotatable bonds is 14. The molecule has 0 aliphatic rings. The predicted octanol–water partition coefficient (Wildman–Crippen LogP) is 0.853. The fraction of sp³-hybridized carbons (Fsp3) is 0.733. The number of hydrogen-bond acceptors (Lipinski definition) is 6. The van der Waals surface area contributed by atoms with Gasteiger partial charge in [-0.15, -0.1) is 0 Å². The molecule has 3 N–H and O–H groups in total. The number of halogens is 1. The van der Waals surface area contributed by atoms with Gasteiger partial charge in [-0.25, -0.2) is 0 Å². The molecule has 0 aromatic rings. The molecule has 7 nitrogen and oxygen atoms in total. The van der Waals surface area contributed by atoms with Crippen LogP contribution in [0.3, 0.4) is 0 Å². The molecule has 0 aromatic heterocycles. The van der Waals surface area contributed by atoms with E-state index in [1.165, 1.54) is 11.8 Å². The van der Waals surface area contributed by atoms with Gasteiger partial charge in [0, 0.05) is 35.8 Å². The van der Waals surface area contributed by atoms with Crippen LogP contribution in [0, 0.1) is 5.92 Å². The normalized spacial score (nSPS) is 14.3. The summed E-state index contributed by atoms with van der Waals surface area (Å²) in [5.74, 6) is 0.681. The molecule has 0 aliphatic carbocycles. The third-order valence-corrected chi connectivity index (χ3v) is 5.31. The summed E-state index contributed by atoms with van der Waals surface area (Å²) in [5, 5.41) is 5.33. The van der Waals surface area contributed by atoms with E-state index in [4.69, 9.17) is 0 Å². The van der Waals surface area contributed by atoms with Crippen molar-refractivity contribution in [3.63, 3.8) is 0 Å². The van der Waals surface area contributed by atoms with Gasteiger partial charge in [0.25, 0.3) is 0 Å². The molecule has 0 spiro atoms. The van der Waals surface area contributed by atoms with Crippen LogP contribution < -0.4 is 14.2 Å². The predicted molar refractivity (Wildman–Crippen MR) is 104 cm³/mol.